The van der Waals surface area contributed by atoms with Gasteiger partial charge in [0.15, 0.2) is 0 Å². The summed E-state index contributed by atoms with van der Waals surface area (Å²) in [6.07, 6.45) is 18.5. The summed E-state index contributed by atoms with van der Waals surface area (Å²) in [6.45, 7) is 37.7. The highest BCUT2D eigenvalue weighted by Gasteiger charge is 2.31. The van der Waals surface area contributed by atoms with Crippen LogP contribution in [0.25, 0.3) is 0 Å². The summed E-state index contributed by atoms with van der Waals surface area (Å²) in [5.74, 6) is 0.699. The number of aromatic hydroxyl groups is 4. The highest BCUT2D eigenvalue weighted by atomic mass is 16.5. The fourth-order valence-corrected chi connectivity index (χ4v) is 11.3. The van der Waals surface area contributed by atoms with Crippen molar-refractivity contribution in [1.82, 2.24) is 0 Å². The van der Waals surface area contributed by atoms with Gasteiger partial charge in [-0.3, -0.25) is 29.6 Å². The van der Waals surface area contributed by atoms with Gasteiger partial charge < -0.3 is 29.9 Å². The molecule has 0 saturated heterocycles. The van der Waals surface area contributed by atoms with Gasteiger partial charge in [-0.05, 0) is 119 Å². The third kappa shape index (κ3) is 18.8. The number of carbonyl (C=O) groups is 2. The number of nitrogens with zero attached hydrogens (tertiary/aromatic N) is 4. The SMILES string of the molecule is CC(C)(C)c1cc(C=N[C@@H]2CCCC[C@H]2N=Cc2cc(OC(=O)CCCCCCCC(=O)Oc3cc(C=N[C@@H]4CCCC[C@H]4N=Cc4cc(C(C)(C)C)cc(C(C)(C)C)c4O)c(O)c(C(C)(C)C)c3)cc(C(C)(C)C)c2O)c(O)c(C(C)(C)C)c1. The lowest BCUT2D eigenvalue weighted by Crippen LogP contribution is -2.27. The zero-order valence-electron chi connectivity index (χ0n) is 55.1. The van der Waals surface area contributed by atoms with Crippen LogP contribution in [0.1, 0.15) is 277 Å². The van der Waals surface area contributed by atoms with Gasteiger partial charge in [0.2, 0.25) is 0 Å². The molecule has 0 unspecified atom stereocenters. The van der Waals surface area contributed by atoms with E-state index >= 15 is 0 Å². The van der Waals surface area contributed by atoms with Crippen LogP contribution in [0.3, 0.4) is 0 Å². The molecule has 4 aromatic rings. The molecule has 2 fully saturated rings. The smallest absolute Gasteiger partial charge is 0.311 e. The standard InChI is InChI=1S/C73H104N4O8/c1-68(2,3)50-34-46(64(80)54(38-50)70(7,8)9)42-74-58-28-24-26-30-60(58)76-44-48-36-52(40-56(66(48)82)72(13,14)15)84-62(78)32-22-20-19-21-23-33-63(79)85-53-37-49(67(83)57(41-53)73(16,17)18)45-77-61-31-27-25-29-59(61)75-43-47-35-51(69(4,5)6)39-55(65(47)81)71(10,11)12/h34-45,58-61,80-83H,19-33H2,1-18H3/t58-,59-,60-,61-/m1/s1. The van der Waals surface area contributed by atoms with E-state index in [9.17, 15) is 30.0 Å². The van der Waals surface area contributed by atoms with Crippen LogP contribution in [-0.2, 0) is 42.1 Å². The first-order valence-corrected chi connectivity index (χ1v) is 31.5. The number of hydrogen-bond donors (Lipinski definition) is 4. The zero-order valence-corrected chi connectivity index (χ0v) is 55.1. The molecule has 4 aromatic carbocycles. The van der Waals surface area contributed by atoms with Gasteiger partial charge in [0.05, 0.1) is 24.2 Å². The van der Waals surface area contributed by atoms with Crippen molar-refractivity contribution in [1.29, 1.82) is 0 Å². The molecule has 85 heavy (non-hydrogen) atoms. The molecule has 2 aliphatic rings. The van der Waals surface area contributed by atoms with E-state index in [1.54, 1.807) is 36.7 Å². The van der Waals surface area contributed by atoms with Crippen molar-refractivity contribution in [3.05, 3.63) is 104 Å². The first kappa shape index (κ1) is 67.8. The van der Waals surface area contributed by atoms with Gasteiger partial charge in [-0.1, -0.05) is 182 Å². The van der Waals surface area contributed by atoms with Crippen LogP contribution in [0.4, 0.5) is 0 Å². The quantitative estimate of drug-likeness (QED) is 0.0328. The maximum absolute atomic E-state index is 13.3. The number of hydrogen-bond acceptors (Lipinski definition) is 12. The van der Waals surface area contributed by atoms with Crippen LogP contribution in [0.15, 0.2) is 68.5 Å². The fourth-order valence-electron chi connectivity index (χ4n) is 11.3. The average molecular weight is 1170 g/mol. The Morgan fingerprint density at radius 1 is 0.376 bits per heavy atom. The average Bonchev–Trinajstić information content (AvgIpc) is 3.14. The monoisotopic (exact) mass is 1160 g/mol. The number of rotatable bonds is 18. The summed E-state index contributed by atoms with van der Waals surface area (Å²) in [5.41, 5.74) is 6.08. The first-order chi connectivity index (χ1) is 39.4. The summed E-state index contributed by atoms with van der Waals surface area (Å²) in [5, 5.41) is 46.0. The molecule has 0 bridgehead atoms. The van der Waals surface area contributed by atoms with Crippen molar-refractivity contribution in [2.45, 2.75) is 278 Å². The second-order valence-electron chi connectivity index (χ2n) is 30.4. The molecule has 464 valence electrons. The molecule has 0 spiro atoms. The summed E-state index contributed by atoms with van der Waals surface area (Å²) in [7, 11) is 0. The van der Waals surface area contributed by atoms with Crippen LogP contribution in [0.2, 0.25) is 0 Å². The van der Waals surface area contributed by atoms with Gasteiger partial charge in [-0.25, -0.2) is 0 Å². The van der Waals surface area contributed by atoms with Crippen LogP contribution in [-0.4, -0.2) is 81.4 Å². The van der Waals surface area contributed by atoms with Gasteiger partial charge in [-0.2, -0.15) is 0 Å². The van der Waals surface area contributed by atoms with Crippen LogP contribution < -0.4 is 9.47 Å². The minimum atomic E-state index is -0.451. The number of ether oxygens (including phenoxy) is 2. The minimum absolute atomic E-state index is 0.101. The van der Waals surface area contributed by atoms with Crippen LogP contribution in [0, 0.1) is 0 Å². The normalized spacial score (nSPS) is 18.8. The first-order valence-electron chi connectivity index (χ1n) is 31.5. The van der Waals surface area contributed by atoms with Crippen molar-refractivity contribution in [3.8, 4) is 34.5 Å². The lowest BCUT2D eigenvalue weighted by molar-refractivity contribution is -0.135. The molecule has 12 heteroatoms. The van der Waals surface area contributed by atoms with Crippen molar-refractivity contribution < 1.29 is 39.5 Å². The van der Waals surface area contributed by atoms with Gasteiger partial charge in [-0.15, -0.1) is 0 Å². The molecule has 0 aromatic heterocycles. The molecule has 0 aliphatic heterocycles. The van der Waals surface area contributed by atoms with Crippen LogP contribution in [0.5, 0.6) is 34.5 Å². The number of phenols is 4. The van der Waals surface area contributed by atoms with E-state index in [1.807, 2.05) is 66.1 Å². The molecule has 6 rings (SSSR count). The van der Waals surface area contributed by atoms with Gasteiger partial charge in [0.1, 0.15) is 34.5 Å². The minimum Gasteiger partial charge on any atom is -0.507 e. The predicted octanol–water partition coefficient (Wildman–Crippen LogP) is 17.2. The number of aliphatic imine (C=N–C) groups is 4. The lowest BCUT2D eigenvalue weighted by Gasteiger charge is -2.28. The van der Waals surface area contributed by atoms with E-state index < -0.39 is 10.8 Å². The van der Waals surface area contributed by atoms with E-state index in [0.717, 1.165) is 92.9 Å². The van der Waals surface area contributed by atoms with Gasteiger partial charge >= 0.3 is 11.9 Å². The molecule has 4 N–H and O–H groups in total. The maximum atomic E-state index is 13.3. The third-order valence-electron chi connectivity index (χ3n) is 16.7. The molecule has 2 aliphatic carbocycles. The van der Waals surface area contributed by atoms with Crippen molar-refractivity contribution >= 4 is 36.8 Å². The van der Waals surface area contributed by atoms with Gasteiger partial charge in [0.25, 0.3) is 0 Å². The van der Waals surface area contributed by atoms with E-state index in [0.29, 0.717) is 57.7 Å². The van der Waals surface area contributed by atoms with Crippen molar-refractivity contribution in [3.63, 3.8) is 0 Å². The van der Waals surface area contributed by atoms with E-state index in [-0.39, 0.29) is 93.6 Å². The zero-order chi connectivity index (χ0) is 63.0. The summed E-state index contributed by atoms with van der Waals surface area (Å²) < 4.78 is 11.9. The number of benzene rings is 4. The molecule has 0 heterocycles. The third-order valence-corrected chi connectivity index (χ3v) is 16.7. The second kappa shape index (κ2) is 27.6. The maximum Gasteiger partial charge on any atom is 0.311 e. The molecule has 2 saturated carbocycles. The van der Waals surface area contributed by atoms with Gasteiger partial charge in [0, 0.05) is 82.2 Å². The summed E-state index contributed by atoms with van der Waals surface area (Å²) in [6, 6.07) is 14.7. The number of unbranched alkanes of at least 4 members (excludes halogenated alkanes) is 4. The molecule has 0 radical (unpaired) electrons. The largest absolute Gasteiger partial charge is 0.507 e. The molecular formula is C73H104N4O8. The Balaban J connectivity index is 1.03. The van der Waals surface area contributed by atoms with Crippen LogP contribution >= 0.6 is 0 Å². The molecule has 12 nitrogen and oxygen atoms in total. The van der Waals surface area contributed by atoms with Crippen molar-refractivity contribution in [2.75, 3.05) is 0 Å². The Hall–Kier alpha value is -6.30. The molecule has 0 amide bonds. The Bertz CT molecular complexity index is 2900. The molecular weight excluding hydrogens is 1060 g/mol. The fraction of sp³-hybridized carbons (Fsp3) is 0.589. The predicted molar refractivity (Wildman–Crippen MR) is 351 cm³/mol. The number of carbonyl (C=O) groups excluding carboxylic acids is 2. The Morgan fingerprint density at radius 3 is 0.882 bits per heavy atom. The van der Waals surface area contributed by atoms with Crippen molar-refractivity contribution in [2.24, 2.45) is 20.0 Å². The van der Waals surface area contributed by atoms with E-state index in [1.165, 1.54) is 0 Å². The summed E-state index contributed by atoms with van der Waals surface area (Å²) >= 11 is 0. The second-order valence-corrected chi connectivity index (χ2v) is 30.4. The highest BCUT2D eigenvalue weighted by molar-refractivity contribution is 5.88. The lowest BCUT2D eigenvalue weighted by atomic mass is 9.79. The Labute approximate surface area is 510 Å². The number of esters is 2. The van der Waals surface area contributed by atoms with E-state index in [2.05, 4.69) is 95.2 Å². The molecule has 4 atom stereocenters. The number of phenolic OH excluding ortho intramolecular Hbond substituents is 4. The van der Waals surface area contributed by atoms with E-state index in [4.69, 9.17) is 29.4 Å². The topological polar surface area (TPSA) is 183 Å². The Kier molecular flexibility index (Phi) is 22.0. The summed E-state index contributed by atoms with van der Waals surface area (Å²) in [4.78, 5) is 46.7. The Morgan fingerprint density at radius 2 is 0.624 bits per heavy atom. The highest BCUT2D eigenvalue weighted by Crippen LogP contribution is 2.42.